The number of urea groups is 1. The second-order valence-electron chi connectivity index (χ2n) is 9.04. The van der Waals surface area contributed by atoms with Gasteiger partial charge in [0.1, 0.15) is 11.3 Å². The average Bonchev–Trinajstić information content (AvgIpc) is 3.58. The molecule has 0 radical (unpaired) electrons. The smallest absolute Gasteiger partial charge is 0.326 e. The van der Waals surface area contributed by atoms with Crippen LogP contribution in [0.4, 0.5) is 4.79 Å². The molecule has 4 rings (SSSR count). The molecule has 164 valence electrons. The molecule has 6 heteroatoms. The van der Waals surface area contributed by atoms with Gasteiger partial charge in [0.2, 0.25) is 0 Å². The molecular formula is C25H31N3O3. The number of amides is 3. The Morgan fingerprint density at radius 2 is 1.87 bits per heavy atom. The minimum atomic E-state index is -1.10. The zero-order valence-corrected chi connectivity index (χ0v) is 18.7. The average molecular weight is 422 g/mol. The van der Waals surface area contributed by atoms with Crippen LogP contribution in [0.15, 0.2) is 48.5 Å². The fraction of sp³-hybridized carbons (Fsp3) is 0.440. The maximum absolute atomic E-state index is 13.4. The van der Waals surface area contributed by atoms with Crippen LogP contribution in [0.5, 0.6) is 5.75 Å². The summed E-state index contributed by atoms with van der Waals surface area (Å²) in [6.07, 6.45) is 2.20. The molecule has 1 aliphatic heterocycles. The molecule has 1 N–H and O–H groups in total. The highest BCUT2D eigenvalue weighted by Crippen LogP contribution is 2.33. The minimum Gasteiger partial charge on any atom is -0.497 e. The van der Waals surface area contributed by atoms with Crippen LogP contribution in [0, 0.1) is 0 Å². The number of nitrogens with zero attached hydrogens (tertiary/aromatic N) is 2. The summed E-state index contributed by atoms with van der Waals surface area (Å²) in [5.41, 5.74) is 2.12. The molecule has 0 bridgehead atoms. The van der Waals surface area contributed by atoms with Gasteiger partial charge in [-0.05, 0) is 54.5 Å². The molecule has 1 saturated heterocycles. The van der Waals surface area contributed by atoms with Crippen LogP contribution >= 0.6 is 0 Å². The lowest BCUT2D eigenvalue weighted by atomic mass is 9.92. The van der Waals surface area contributed by atoms with E-state index in [4.69, 9.17) is 4.74 Å². The summed E-state index contributed by atoms with van der Waals surface area (Å²) in [6, 6.07) is 16.0. The van der Waals surface area contributed by atoms with Gasteiger partial charge in [-0.1, -0.05) is 50.2 Å². The van der Waals surface area contributed by atoms with Gasteiger partial charge < -0.3 is 10.1 Å². The maximum atomic E-state index is 13.4. The van der Waals surface area contributed by atoms with Crippen molar-refractivity contribution in [2.24, 2.45) is 0 Å². The van der Waals surface area contributed by atoms with Crippen molar-refractivity contribution < 1.29 is 14.3 Å². The van der Waals surface area contributed by atoms with Gasteiger partial charge in [-0.3, -0.25) is 9.69 Å². The van der Waals surface area contributed by atoms with Crippen molar-refractivity contribution in [3.05, 3.63) is 65.2 Å². The van der Waals surface area contributed by atoms with E-state index in [1.807, 2.05) is 18.2 Å². The monoisotopic (exact) mass is 421 g/mol. The SMILES string of the molecule is COc1cccc([C@@]2(C)NC(=O)N(CN(Cc3ccc(C(C)C)cc3)C3CC3)C2=O)c1. The summed E-state index contributed by atoms with van der Waals surface area (Å²) in [5, 5.41) is 2.90. The number of hydrogen-bond donors (Lipinski definition) is 1. The number of carbonyl (C=O) groups excluding carboxylic acids is 2. The van der Waals surface area contributed by atoms with E-state index >= 15 is 0 Å². The Kier molecular flexibility index (Phi) is 5.75. The number of nitrogens with one attached hydrogen (secondary N) is 1. The van der Waals surface area contributed by atoms with Crippen LogP contribution in [0.1, 0.15) is 56.2 Å². The summed E-state index contributed by atoms with van der Waals surface area (Å²) in [5.74, 6) is 0.920. The number of carbonyl (C=O) groups is 2. The Bertz CT molecular complexity index is 968. The predicted molar refractivity (Wildman–Crippen MR) is 120 cm³/mol. The highest BCUT2D eigenvalue weighted by Gasteiger charge is 2.50. The van der Waals surface area contributed by atoms with E-state index in [0.717, 1.165) is 24.9 Å². The zero-order chi connectivity index (χ0) is 22.2. The Labute approximate surface area is 184 Å². The summed E-state index contributed by atoms with van der Waals surface area (Å²) in [7, 11) is 1.59. The van der Waals surface area contributed by atoms with E-state index in [9.17, 15) is 9.59 Å². The number of rotatable bonds is 8. The van der Waals surface area contributed by atoms with E-state index in [1.54, 1.807) is 20.1 Å². The van der Waals surface area contributed by atoms with Gasteiger partial charge in [0.25, 0.3) is 5.91 Å². The lowest BCUT2D eigenvalue weighted by Crippen LogP contribution is -2.44. The fourth-order valence-electron chi connectivity index (χ4n) is 4.11. The van der Waals surface area contributed by atoms with Gasteiger partial charge in [-0.2, -0.15) is 0 Å². The first-order chi connectivity index (χ1) is 14.8. The lowest BCUT2D eigenvalue weighted by Gasteiger charge is -2.27. The van der Waals surface area contributed by atoms with Crippen LogP contribution in [0.2, 0.25) is 0 Å². The topological polar surface area (TPSA) is 61.9 Å². The summed E-state index contributed by atoms with van der Waals surface area (Å²) in [6.45, 7) is 7.13. The van der Waals surface area contributed by atoms with Crippen LogP contribution in [-0.4, -0.2) is 41.6 Å². The Morgan fingerprint density at radius 1 is 1.16 bits per heavy atom. The Balaban J connectivity index is 1.51. The van der Waals surface area contributed by atoms with Crippen molar-refractivity contribution in [2.45, 2.75) is 57.7 Å². The largest absolute Gasteiger partial charge is 0.497 e. The summed E-state index contributed by atoms with van der Waals surface area (Å²) >= 11 is 0. The number of ether oxygens (including phenoxy) is 1. The van der Waals surface area contributed by atoms with Crippen LogP contribution < -0.4 is 10.1 Å². The van der Waals surface area contributed by atoms with Gasteiger partial charge in [0.15, 0.2) is 0 Å². The lowest BCUT2D eigenvalue weighted by molar-refractivity contribution is -0.132. The van der Waals surface area contributed by atoms with Crippen molar-refractivity contribution in [3.8, 4) is 5.75 Å². The first-order valence-corrected chi connectivity index (χ1v) is 10.9. The maximum Gasteiger partial charge on any atom is 0.326 e. The molecule has 2 aromatic carbocycles. The van der Waals surface area contributed by atoms with Gasteiger partial charge in [0, 0.05) is 12.6 Å². The van der Waals surface area contributed by atoms with E-state index in [1.165, 1.54) is 16.0 Å². The van der Waals surface area contributed by atoms with Gasteiger partial charge in [-0.25, -0.2) is 9.69 Å². The molecule has 1 saturated carbocycles. The van der Waals surface area contributed by atoms with Crippen LogP contribution in [0.3, 0.4) is 0 Å². The summed E-state index contributed by atoms with van der Waals surface area (Å²) in [4.78, 5) is 29.8. The molecule has 0 spiro atoms. The van der Waals surface area contributed by atoms with E-state index in [-0.39, 0.29) is 11.9 Å². The van der Waals surface area contributed by atoms with Gasteiger partial charge in [0.05, 0.1) is 13.8 Å². The molecule has 1 aliphatic carbocycles. The van der Waals surface area contributed by atoms with E-state index < -0.39 is 5.54 Å². The second kappa shape index (κ2) is 8.35. The van der Waals surface area contributed by atoms with Crippen molar-refractivity contribution in [3.63, 3.8) is 0 Å². The van der Waals surface area contributed by atoms with Crippen molar-refractivity contribution in [1.82, 2.24) is 15.1 Å². The fourth-order valence-corrected chi connectivity index (χ4v) is 4.11. The predicted octanol–water partition coefficient (Wildman–Crippen LogP) is 4.21. The molecule has 0 unspecified atom stereocenters. The third-order valence-electron chi connectivity index (χ3n) is 6.34. The third kappa shape index (κ3) is 4.30. The van der Waals surface area contributed by atoms with Gasteiger partial charge in [-0.15, -0.1) is 0 Å². The Hall–Kier alpha value is -2.86. The van der Waals surface area contributed by atoms with Gasteiger partial charge >= 0.3 is 6.03 Å². The third-order valence-corrected chi connectivity index (χ3v) is 6.34. The standard InChI is InChI=1S/C25H31N3O3/c1-17(2)19-10-8-18(9-11-19)15-27(21-12-13-21)16-28-23(29)25(3,26-24(28)30)20-6-5-7-22(14-20)31-4/h5-11,14,17,21H,12-13,15-16H2,1-4H3,(H,26,30)/t25-/m1/s1. The molecule has 2 fully saturated rings. The number of methoxy groups -OCH3 is 1. The molecule has 3 amide bonds. The molecule has 1 atom stereocenters. The normalized spacial score (nSPS) is 21.2. The quantitative estimate of drug-likeness (QED) is 0.649. The molecule has 0 aromatic heterocycles. The van der Waals surface area contributed by atoms with Crippen molar-refractivity contribution in [1.29, 1.82) is 0 Å². The Morgan fingerprint density at radius 3 is 2.48 bits per heavy atom. The highest BCUT2D eigenvalue weighted by atomic mass is 16.5. The zero-order valence-electron chi connectivity index (χ0n) is 18.7. The van der Waals surface area contributed by atoms with Crippen LogP contribution in [-0.2, 0) is 16.9 Å². The van der Waals surface area contributed by atoms with E-state index in [0.29, 0.717) is 24.4 Å². The highest BCUT2D eigenvalue weighted by molar-refractivity contribution is 6.07. The second-order valence-corrected chi connectivity index (χ2v) is 9.04. The molecule has 1 heterocycles. The number of hydrogen-bond acceptors (Lipinski definition) is 4. The molecule has 31 heavy (non-hydrogen) atoms. The molecule has 2 aliphatic rings. The van der Waals surface area contributed by atoms with E-state index in [2.05, 4.69) is 48.3 Å². The van der Waals surface area contributed by atoms with Crippen molar-refractivity contribution >= 4 is 11.9 Å². The first kappa shape index (κ1) is 21.4. The molecule has 2 aromatic rings. The minimum absolute atomic E-state index is 0.230. The molecular weight excluding hydrogens is 390 g/mol. The van der Waals surface area contributed by atoms with Crippen LogP contribution in [0.25, 0.3) is 0 Å². The van der Waals surface area contributed by atoms with Crippen molar-refractivity contribution in [2.75, 3.05) is 13.8 Å². The number of benzene rings is 2. The summed E-state index contributed by atoms with van der Waals surface area (Å²) < 4.78 is 5.30. The molecule has 6 nitrogen and oxygen atoms in total. The number of imide groups is 1. The first-order valence-electron chi connectivity index (χ1n) is 10.9.